The number of carbonyl (C=O) groups excluding carboxylic acids is 2. The fourth-order valence-electron chi connectivity index (χ4n) is 6.03. The number of nitrogens with two attached hydrogens (primary N) is 2. The highest BCUT2D eigenvalue weighted by molar-refractivity contribution is 6.30. The molecule has 4 N–H and O–H groups in total. The van der Waals surface area contributed by atoms with Crippen LogP contribution in [0.5, 0.6) is 0 Å². The minimum absolute atomic E-state index is 0.0855. The summed E-state index contributed by atoms with van der Waals surface area (Å²) in [5, 5.41) is 5.34. The topological polar surface area (TPSA) is 107 Å². The number of carbonyl (C=O) groups is 2. The SMILES string of the molecule is NC(=O)c1c(-c2cccc(Cl)c2)nn2c1C(C13CCC(CC1)CC3)N(C(N)=O)CC2. The Bertz CT molecular complexity index is 1010. The number of hydrogen-bond donors (Lipinski definition) is 2. The van der Waals surface area contributed by atoms with Gasteiger partial charge < -0.3 is 16.4 Å². The van der Waals surface area contributed by atoms with Gasteiger partial charge in [0, 0.05) is 17.1 Å². The van der Waals surface area contributed by atoms with Gasteiger partial charge in [-0.25, -0.2) is 4.79 Å². The first-order valence-electron chi connectivity index (χ1n) is 10.6. The predicted molar refractivity (Wildman–Crippen MR) is 114 cm³/mol. The van der Waals surface area contributed by atoms with Gasteiger partial charge in [0.2, 0.25) is 0 Å². The molecule has 2 aromatic rings. The van der Waals surface area contributed by atoms with E-state index in [-0.39, 0.29) is 11.5 Å². The summed E-state index contributed by atoms with van der Waals surface area (Å²) in [7, 11) is 0. The number of urea groups is 1. The summed E-state index contributed by atoms with van der Waals surface area (Å²) in [6, 6.07) is 6.53. The summed E-state index contributed by atoms with van der Waals surface area (Å²) < 4.78 is 1.87. The van der Waals surface area contributed by atoms with Crippen LogP contribution in [0.25, 0.3) is 11.3 Å². The quantitative estimate of drug-likeness (QED) is 0.779. The normalized spacial score (nSPS) is 27.7. The summed E-state index contributed by atoms with van der Waals surface area (Å²) in [6.45, 7) is 0.960. The van der Waals surface area contributed by atoms with E-state index in [1.54, 1.807) is 17.0 Å². The van der Waals surface area contributed by atoms with E-state index in [9.17, 15) is 9.59 Å². The molecule has 0 saturated heterocycles. The standard InChI is InChI=1S/C22H26ClN5O2/c23-15-3-1-2-14(12-15)17-16(20(24)29)18-19(22-7-4-13(5-8-22)6-9-22)27(21(25)30)10-11-28(18)26-17/h1-3,12-13,19H,4-11H2,(H2,24,29)(H2,25,30). The van der Waals surface area contributed by atoms with Crippen molar-refractivity contribution >= 4 is 23.5 Å². The average molecular weight is 428 g/mol. The lowest BCUT2D eigenvalue weighted by atomic mass is 9.56. The summed E-state index contributed by atoms with van der Waals surface area (Å²) in [5.74, 6) is 0.239. The first-order valence-corrected chi connectivity index (χ1v) is 11.0. The number of rotatable bonds is 3. The molecule has 158 valence electrons. The molecular formula is C22H26ClN5O2. The van der Waals surface area contributed by atoms with Gasteiger partial charge in [-0.05, 0) is 62.0 Å². The minimum Gasteiger partial charge on any atom is -0.365 e. The van der Waals surface area contributed by atoms with Crippen LogP contribution in [0.15, 0.2) is 24.3 Å². The van der Waals surface area contributed by atoms with Crippen molar-refractivity contribution in [2.24, 2.45) is 22.8 Å². The number of hydrogen-bond acceptors (Lipinski definition) is 3. The van der Waals surface area contributed by atoms with Crippen LogP contribution >= 0.6 is 11.6 Å². The third-order valence-electron chi connectivity index (χ3n) is 7.47. The van der Waals surface area contributed by atoms with Crippen molar-refractivity contribution < 1.29 is 9.59 Å². The van der Waals surface area contributed by atoms with Crippen LogP contribution in [0.2, 0.25) is 5.02 Å². The van der Waals surface area contributed by atoms with Gasteiger partial charge in [-0.3, -0.25) is 9.48 Å². The van der Waals surface area contributed by atoms with Crippen molar-refractivity contribution in [2.75, 3.05) is 6.54 Å². The lowest BCUT2D eigenvalue weighted by molar-refractivity contribution is -0.0249. The van der Waals surface area contributed by atoms with Gasteiger partial charge in [0.25, 0.3) is 5.91 Å². The van der Waals surface area contributed by atoms with Crippen molar-refractivity contribution in [1.82, 2.24) is 14.7 Å². The Morgan fingerprint density at radius 2 is 1.80 bits per heavy atom. The zero-order valence-corrected chi connectivity index (χ0v) is 17.6. The number of aromatic nitrogens is 2. The monoisotopic (exact) mass is 427 g/mol. The van der Waals surface area contributed by atoms with Gasteiger partial charge in [0.05, 0.1) is 23.8 Å². The van der Waals surface area contributed by atoms with Gasteiger partial charge in [-0.1, -0.05) is 23.7 Å². The Balaban J connectivity index is 1.72. The van der Waals surface area contributed by atoms with E-state index in [1.807, 2.05) is 16.8 Å². The third-order valence-corrected chi connectivity index (χ3v) is 7.71. The maximum atomic E-state index is 12.7. The van der Waals surface area contributed by atoms with Crippen molar-refractivity contribution in [2.45, 2.75) is 51.1 Å². The highest BCUT2D eigenvalue weighted by Crippen LogP contribution is 2.59. The number of fused-ring (bicyclic) bond motifs is 4. The molecule has 2 heterocycles. The van der Waals surface area contributed by atoms with Gasteiger partial charge >= 0.3 is 6.03 Å². The van der Waals surface area contributed by atoms with Crippen molar-refractivity contribution in [3.8, 4) is 11.3 Å². The molecule has 7 nitrogen and oxygen atoms in total. The van der Waals surface area contributed by atoms with E-state index in [4.69, 9.17) is 28.2 Å². The van der Waals surface area contributed by atoms with Gasteiger partial charge in [0.15, 0.2) is 0 Å². The van der Waals surface area contributed by atoms with Crippen LogP contribution in [0, 0.1) is 11.3 Å². The molecule has 0 spiro atoms. The third kappa shape index (κ3) is 2.90. The van der Waals surface area contributed by atoms with E-state index in [2.05, 4.69) is 0 Å². The van der Waals surface area contributed by atoms with Gasteiger partial charge in [-0.2, -0.15) is 5.10 Å². The van der Waals surface area contributed by atoms with Crippen LogP contribution in [0.1, 0.15) is 60.6 Å². The highest BCUT2D eigenvalue weighted by Gasteiger charge is 2.52. The predicted octanol–water partition coefficient (Wildman–Crippen LogP) is 3.71. The molecule has 30 heavy (non-hydrogen) atoms. The second-order valence-electron chi connectivity index (χ2n) is 8.99. The van der Waals surface area contributed by atoms with Gasteiger partial charge in [-0.15, -0.1) is 0 Å². The van der Waals surface area contributed by atoms with E-state index in [0.717, 1.165) is 55.7 Å². The Morgan fingerprint density at radius 3 is 2.40 bits per heavy atom. The maximum Gasteiger partial charge on any atom is 0.315 e. The largest absolute Gasteiger partial charge is 0.365 e. The first kappa shape index (κ1) is 19.4. The zero-order chi connectivity index (χ0) is 21.0. The summed E-state index contributed by atoms with van der Waals surface area (Å²) >= 11 is 6.20. The van der Waals surface area contributed by atoms with E-state index in [0.29, 0.717) is 29.4 Å². The number of benzene rings is 1. The molecule has 1 aromatic carbocycles. The Hall–Kier alpha value is -2.54. The van der Waals surface area contributed by atoms with Crippen LogP contribution in [0.3, 0.4) is 0 Å². The molecule has 8 heteroatoms. The van der Waals surface area contributed by atoms with Crippen LogP contribution in [-0.2, 0) is 6.54 Å². The second kappa shape index (κ2) is 7.01. The van der Waals surface area contributed by atoms with E-state index >= 15 is 0 Å². The minimum atomic E-state index is -0.538. The molecule has 3 aliphatic carbocycles. The van der Waals surface area contributed by atoms with Crippen molar-refractivity contribution in [1.29, 1.82) is 0 Å². The molecule has 3 saturated carbocycles. The number of nitrogens with zero attached hydrogens (tertiary/aromatic N) is 3. The van der Waals surface area contributed by atoms with Crippen LogP contribution in [0.4, 0.5) is 4.79 Å². The average Bonchev–Trinajstić information content (AvgIpc) is 3.14. The molecule has 3 amide bonds. The lowest BCUT2D eigenvalue weighted by Gasteiger charge is -2.54. The van der Waals surface area contributed by atoms with Gasteiger partial charge in [0.1, 0.15) is 5.69 Å². The highest BCUT2D eigenvalue weighted by atomic mass is 35.5. The molecular weight excluding hydrogens is 402 g/mol. The zero-order valence-electron chi connectivity index (χ0n) is 16.8. The van der Waals surface area contributed by atoms with Crippen LogP contribution in [-0.4, -0.2) is 33.2 Å². The Kier molecular flexibility index (Phi) is 4.54. The Labute approximate surface area is 180 Å². The van der Waals surface area contributed by atoms with Crippen molar-refractivity contribution in [3.63, 3.8) is 0 Å². The molecule has 4 aliphatic rings. The summed E-state index contributed by atoms with van der Waals surface area (Å²) in [4.78, 5) is 26.9. The molecule has 1 atom stereocenters. The number of halogens is 1. The molecule has 1 aliphatic heterocycles. The summed E-state index contributed by atoms with van der Waals surface area (Å²) in [6.07, 6.45) is 6.56. The molecule has 3 fully saturated rings. The number of primary amides is 2. The molecule has 2 bridgehead atoms. The van der Waals surface area contributed by atoms with Crippen molar-refractivity contribution in [3.05, 3.63) is 40.5 Å². The second-order valence-corrected chi connectivity index (χ2v) is 9.42. The van der Waals surface area contributed by atoms with E-state index < -0.39 is 11.9 Å². The Morgan fingerprint density at radius 1 is 1.10 bits per heavy atom. The van der Waals surface area contributed by atoms with Crippen LogP contribution < -0.4 is 11.5 Å². The molecule has 6 rings (SSSR count). The number of amides is 3. The maximum absolute atomic E-state index is 12.7. The lowest BCUT2D eigenvalue weighted by Crippen LogP contribution is -2.54. The summed E-state index contributed by atoms with van der Waals surface area (Å²) in [5.41, 5.74) is 14.0. The molecule has 1 aromatic heterocycles. The fraction of sp³-hybridized carbons (Fsp3) is 0.500. The molecule has 0 radical (unpaired) electrons. The molecule has 1 unspecified atom stereocenters. The van der Waals surface area contributed by atoms with E-state index in [1.165, 1.54) is 0 Å². The fourth-order valence-corrected chi connectivity index (χ4v) is 6.22. The first-order chi connectivity index (χ1) is 14.4. The smallest absolute Gasteiger partial charge is 0.315 e.